The fourth-order valence-electron chi connectivity index (χ4n) is 5.74. The van der Waals surface area contributed by atoms with Crippen molar-refractivity contribution in [2.45, 2.75) is 50.7 Å². The van der Waals surface area contributed by atoms with Crippen LogP contribution in [0.15, 0.2) is 24.3 Å². The molecule has 0 amide bonds. The zero-order valence-corrected chi connectivity index (χ0v) is 18.3. The summed E-state index contributed by atoms with van der Waals surface area (Å²) < 4.78 is 47.0. The highest BCUT2D eigenvalue weighted by Gasteiger charge is 2.43. The number of nitrogens with zero attached hydrogens (tertiary/aromatic N) is 3. The zero-order chi connectivity index (χ0) is 22.3. The maximum absolute atomic E-state index is 14.0. The first-order chi connectivity index (χ1) is 15.4. The van der Waals surface area contributed by atoms with Gasteiger partial charge in [-0.25, -0.2) is 13.2 Å². The van der Waals surface area contributed by atoms with Crippen LogP contribution in [0.1, 0.15) is 39.0 Å². The van der Waals surface area contributed by atoms with E-state index in [9.17, 15) is 13.2 Å². The average molecular weight is 447 g/mol. The van der Waals surface area contributed by atoms with E-state index >= 15 is 0 Å². The molecule has 2 unspecified atom stereocenters. The van der Waals surface area contributed by atoms with Crippen molar-refractivity contribution in [1.29, 1.82) is 0 Å². The number of fused-ring (bicyclic) bond motifs is 1. The van der Waals surface area contributed by atoms with Crippen molar-refractivity contribution in [3.05, 3.63) is 41.7 Å². The second kappa shape index (κ2) is 8.63. The van der Waals surface area contributed by atoms with Gasteiger partial charge in [-0.15, -0.1) is 10.2 Å². The molecule has 8 heteroatoms. The van der Waals surface area contributed by atoms with E-state index in [1.54, 1.807) is 6.07 Å². The van der Waals surface area contributed by atoms with Crippen LogP contribution in [0.4, 0.5) is 19.0 Å². The van der Waals surface area contributed by atoms with Crippen molar-refractivity contribution in [2.24, 2.45) is 11.8 Å². The van der Waals surface area contributed by atoms with Crippen LogP contribution in [0.5, 0.6) is 0 Å². The van der Waals surface area contributed by atoms with Crippen LogP contribution in [0, 0.1) is 29.3 Å². The molecule has 3 fully saturated rings. The van der Waals surface area contributed by atoms with Gasteiger partial charge in [-0.3, -0.25) is 4.90 Å². The number of hydrogen-bond donors (Lipinski definition) is 1. The summed E-state index contributed by atoms with van der Waals surface area (Å²) in [5, 5.41) is 11.5. The standard InChI is InChI=1S/C24H29F3N4O/c1-24(6-2-3-7-32-24)14-31-12-15-8-18(9-16(15)13-31)28-22-5-4-21(29-30-22)19-10-17(25)11-20(26)23(19)27/h4-5,10-11,15-16,18H,2-3,6-9,12-14H2,1H3,(H,28,30)/t15-,16+,18?,24?. The van der Waals surface area contributed by atoms with Gasteiger partial charge in [-0.05, 0) is 69.1 Å². The molecule has 2 aliphatic heterocycles. The van der Waals surface area contributed by atoms with E-state index in [1.165, 1.54) is 18.9 Å². The molecule has 5 nitrogen and oxygen atoms in total. The van der Waals surface area contributed by atoms with Crippen LogP contribution in [0.2, 0.25) is 0 Å². The molecule has 1 aromatic carbocycles. The highest BCUT2D eigenvalue weighted by molar-refractivity contribution is 5.60. The van der Waals surface area contributed by atoms with Crippen LogP contribution in [0.25, 0.3) is 11.3 Å². The van der Waals surface area contributed by atoms with E-state index < -0.39 is 17.5 Å². The summed E-state index contributed by atoms with van der Waals surface area (Å²) in [6.07, 6.45) is 5.72. The van der Waals surface area contributed by atoms with Gasteiger partial charge in [0.2, 0.25) is 0 Å². The molecule has 1 aromatic heterocycles. The molecular formula is C24H29F3N4O. The minimum absolute atomic E-state index is 0.00404. The number of aromatic nitrogens is 2. The van der Waals surface area contributed by atoms with Gasteiger partial charge >= 0.3 is 0 Å². The summed E-state index contributed by atoms with van der Waals surface area (Å²) in [5.41, 5.74) is -0.132. The molecule has 3 aliphatic rings. The van der Waals surface area contributed by atoms with E-state index in [0.29, 0.717) is 29.8 Å². The third-order valence-electron chi connectivity index (χ3n) is 7.22. The van der Waals surface area contributed by atoms with Crippen LogP contribution in [-0.4, -0.2) is 53.0 Å². The maximum Gasteiger partial charge on any atom is 0.168 e. The van der Waals surface area contributed by atoms with Gasteiger partial charge in [0.15, 0.2) is 11.6 Å². The van der Waals surface area contributed by atoms with Crippen molar-refractivity contribution in [1.82, 2.24) is 15.1 Å². The summed E-state index contributed by atoms with van der Waals surface area (Å²) in [6.45, 7) is 6.36. The Kier molecular flexibility index (Phi) is 5.84. The average Bonchev–Trinajstić information content (AvgIpc) is 3.29. The van der Waals surface area contributed by atoms with Crippen molar-refractivity contribution in [3.8, 4) is 11.3 Å². The number of ether oxygens (including phenoxy) is 1. The van der Waals surface area contributed by atoms with Crippen LogP contribution in [0.3, 0.4) is 0 Å². The lowest BCUT2D eigenvalue weighted by atomic mass is 9.95. The minimum Gasteiger partial charge on any atom is -0.374 e. The molecule has 32 heavy (non-hydrogen) atoms. The molecule has 172 valence electrons. The molecule has 1 N–H and O–H groups in total. The third kappa shape index (κ3) is 4.48. The van der Waals surface area contributed by atoms with Gasteiger partial charge in [0.1, 0.15) is 11.6 Å². The quantitative estimate of drug-likeness (QED) is 0.678. The molecule has 0 spiro atoms. The normalized spacial score (nSPS) is 30.4. The van der Waals surface area contributed by atoms with E-state index in [2.05, 4.69) is 27.3 Å². The monoisotopic (exact) mass is 446 g/mol. The Hall–Kier alpha value is -2.19. The third-order valence-corrected chi connectivity index (χ3v) is 7.22. The molecule has 0 bridgehead atoms. The number of hydrogen-bond acceptors (Lipinski definition) is 5. The Labute approximate surface area is 186 Å². The van der Waals surface area contributed by atoms with Gasteiger partial charge < -0.3 is 10.1 Å². The summed E-state index contributed by atoms with van der Waals surface area (Å²) in [6, 6.07) is 4.99. The molecule has 2 saturated heterocycles. The largest absolute Gasteiger partial charge is 0.374 e. The van der Waals surface area contributed by atoms with Gasteiger partial charge in [0.25, 0.3) is 0 Å². The van der Waals surface area contributed by atoms with E-state index in [0.717, 1.165) is 51.6 Å². The maximum atomic E-state index is 14.0. The molecule has 5 rings (SSSR count). The first-order valence-corrected chi connectivity index (χ1v) is 11.5. The molecular weight excluding hydrogens is 417 g/mol. The minimum atomic E-state index is -1.24. The highest BCUT2D eigenvalue weighted by Crippen LogP contribution is 2.40. The van der Waals surface area contributed by atoms with E-state index in [4.69, 9.17) is 4.74 Å². The Bertz CT molecular complexity index is 950. The Morgan fingerprint density at radius 3 is 2.53 bits per heavy atom. The van der Waals surface area contributed by atoms with Crippen molar-refractivity contribution < 1.29 is 17.9 Å². The van der Waals surface area contributed by atoms with Crippen LogP contribution < -0.4 is 5.32 Å². The van der Waals surface area contributed by atoms with Gasteiger partial charge in [-0.2, -0.15) is 0 Å². The van der Waals surface area contributed by atoms with Crippen molar-refractivity contribution >= 4 is 5.82 Å². The van der Waals surface area contributed by atoms with E-state index in [-0.39, 0.29) is 16.9 Å². The first-order valence-electron chi connectivity index (χ1n) is 11.5. The molecule has 0 radical (unpaired) electrons. The fourth-order valence-corrected chi connectivity index (χ4v) is 5.74. The number of benzene rings is 1. The fraction of sp³-hybridized carbons (Fsp3) is 0.583. The number of nitrogens with one attached hydrogen (secondary N) is 1. The van der Waals surface area contributed by atoms with Crippen LogP contribution in [-0.2, 0) is 4.74 Å². The Balaban J connectivity index is 1.16. The number of halogens is 3. The molecule has 1 saturated carbocycles. The first kappa shape index (κ1) is 21.6. The van der Waals surface area contributed by atoms with Crippen molar-refractivity contribution in [3.63, 3.8) is 0 Å². The number of rotatable bonds is 5. The topological polar surface area (TPSA) is 50.3 Å². The van der Waals surface area contributed by atoms with Crippen molar-refractivity contribution in [2.75, 3.05) is 31.6 Å². The molecule has 4 atom stereocenters. The predicted octanol–water partition coefficient (Wildman–Crippen LogP) is 4.64. The second-order valence-electron chi connectivity index (χ2n) is 9.84. The number of likely N-dealkylation sites (tertiary alicyclic amines) is 1. The Morgan fingerprint density at radius 2 is 1.88 bits per heavy atom. The van der Waals surface area contributed by atoms with Crippen LogP contribution >= 0.6 is 0 Å². The number of anilines is 1. The summed E-state index contributed by atoms with van der Waals surface area (Å²) in [5.74, 6) is -1.29. The SMILES string of the molecule is CC1(CN2C[C@H]3CC(Nc4ccc(-c5cc(F)cc(F)c5F)nn4)C[C@H]3C2)CCCCO1. The second-order valence-corrected chi connectivity index (χ2v) is 9.84. The molecule has 2 aromatic rings. The predicted molar refractivity (Wildman–Crippen MR) is 116 cm³/mol. The smallest absolute Gasteiger partial charge is 0.168 e. The summed E-state index contributed by atoms with van der Waals surface area (Å²) in [4.78, 5) is 2.57. The molecule has 1 aliphatic carbocycles. The van der Waals surface area contributed by atoms with E-state index in [1.807, 2.05) is 0 Å². The lowest BCUT2D eigenvalue weighted by Crippen LogP contribution is -2.44. The van der Waals surface area contributed by atoms with Gasteiger partial charge in [-0.1, -0.05) is 0 Å². The summed E-state index contributed by atoms with van der Waals surface area (Å²) in [7, 11) is 0. The lowest BCUT2D eigenvalue weighted by molar-refractivity contribution is -0.0808. The highest BCUT2D eigenvalue weighted by atomic mass is 19.2. The van der Waals surface area contributed by atoms with Gasteiger partial charge in [0.05, 0.1) is 11.3 Å². The lowest BCUT2D eigenvalue weighted by Gasteiger charge is -2.37. The van der Waals surface area contributed by atoms with Gasteiger partial charge in [0, 0.05) is 43.9 Å². The Morgan fingerprint density at radius 1 is 1.09 bits per heavy atom. The summed E-state index contributed by atoms with van der Waals surface area (Å²) >= 11 is 0. The molecule has 3 heterocycles. The zero-order valence-electron chi connectivity index (χ0n) is 18.3.